The zero-order valence-electron chi connectivity index (χ0n) is 13.0. The van der Waals surface area contributed by atoms with Gasteiger partial charge in [-0.1, -0.05) is 19.1 Å². The van der Waals surface area contributed by atoms with Crippen molar-refractivity contribution in [2.45, 2.75) is 39.0 Å². The minimum atomic E-state index is -0.260. The van der Waals surface area contributed by atoms with Crippen LogP contribution in [0.25, 0.3) is 0 Å². The van der Waals surface area contributed by atoms with Crippen molar-refractivity contribution in [1.82, 2.24) is 9.80 Å². The Kier molecular flexibility index (Phi) is 5.75. The molecule has 0 aliphatic carbocycles. The average Bonchev–Trinajstić information content (AvgIpc) is 2.49. The fourth-order valence-corrected chi connectivity index (χ4v) is 3.01. The molecule has 0 aromatic heterocycles. The van der Waals surface area contributed by atoms with E-state index in [9.17, 15) is 5.11 Å². The third-order valence-electron chi connectivity index (χ3n) is 4.15. The van der Waals surface area contributed by atoms with Gasteiger partial charge in [0.2, 0.25) is 0 Å². The van der Waals surface area contributed by atoms with Crippen LogP contribution in [0.5, 0.6) is 0 Å². The van der Waals surface area contributed by atoms with E-state index in [0.717, 1.165) is 39.1 Å². The van der Waals surface area contributed by atoms with Gasteiger partial charge in [0.1, 0.15) is 0 Å². The standard InChI is InChI=1S/C17H25N3O/c1-3-17-13-19(8-9-20(17)11-14(2)21)12-16-6-4-15(10-18)5-7-16/h4-7,14,17,21H,3,8-9,11-13H2,1-2H3/t14-,17+/m1/s1. The second-order valence-corrected chi connectivity index (χ2v) is 5.95. The third-order valence-corrected chi connectivity index (χ3v) is 4.15. The predicted octanol–water partition coefficient (Wildman–Crippen LogP) is 1.84. The summed E-state index contributed by atoms with van der Waals surface area (Å²) in [5.41, 5.74) is 1.97. The summed E-state index contributed by atoms with van der Waals surface area (Å²) in [5, 5.41) is 18.4. The van der Waals surface area contributed by atoms with Gasteiger partial charge in [-0.2, -0.15) is 5.26 Å². The predicted molar refractivity (Wildman–Crippen MR) is 83.8 cm³/mol. The lowest BCUT2D eigenvalue weighted by Gasteiger charge is -2.41. The van der Waals surface area contributed by atoms with E-state index in [2.05, 4.69) is 22.8 Å². The lowest BCUT2D eigenvalue weighted by molar-refractivity contribution is 0.0338. The number of aliphatic hydroxyl groups is 1. The quantitative estimate of drug-likeness (QED) is 0.898. The molecule has 1 N–H and O–H groups in total. The summed E-state index contributed by atoms with van der Waals surface area (Å²) in [5.74, 6) is 0. The van der Waals surface area contributed by atoms with E-state index in [-0.39, 0.29) is 6.10 Å². The minimum absolute atomic E-state index is 0.260. The number of β-amino-alcohol motifs (C(OH)–C–C–N with tert-alkyl or cyclic N) is 1. The molecule has 4 nitrogen and oxygen atoms in total. The summed E-state index contributed by atoms with van der Waals surface area (Å²) >= 11 is 0. The summed E-state index contributed by atoms with van der Waals surface area (Å²) in [6, 6.07) is 10.5. The number of piperazine rings is 1. The molecule has 2 atom stereocenters. The number of aliphatic hydroxyl groups excluding tert-OH is 1. The molecule has 1 fully saturated rings. The number of nitrogens with zero attached hydrogens (tertiary/aromatic N) is 3. The molecule has 1 aromatic carbocycles. The Bertz CT molecular complexity index is 478. The maximum Gasteiger partial charge on any atom is 0.0991 e. The van der Waals surface area contributed by atoms with Crippen LogP contribution >= 0.6 is 0 Å². The lowest BCUT2D eigenvalue weighted by atomic mass is 10.1. The first kappa shape index (κ1) is 16.0. The fourth-order valence-electron chi connectivity index (χ4n) is 3.01. The average molecular weight is 287 g/mol. The van der Waals surface area contributed by atoms with E-state index >= 15 is 0 Å². The third kappa shape index (κ3) is 4.53. The molecular formula is C17H25N3O. The molecule has 0 bridgehead atoms. The van der Waals surface area contributed by atoms with Gasteiger partial charge in [0.05, 0.1) is 17.7 Å². The van der Waals surface area contributed by atoms with Crippen LogP contribution in [0.1, 0.15) is 31.4 Å². The van der Waals surface area contributed by atoms with E-state index < -0.39 is 0 Å². The Balaban J connectivity index is 1.92. The van der Waals surface area contributed by atoms with Crippen LogP contribution in [0.3, 0.4) is 0 Å². The molecule has 1 saturated heterocycles. The van der Waals surface area contributed by atoms with Crippen LogP contribution in [0.2, 0.25) is 0 Å². The van der Waals surface area contributed by atoms with Crippen LogP contribution in [0.4, 0.5) is 0 Å². The topological polar surface area (TPSA) is 50.5 Å². The Morgan fingerprint density at radius 1 is 1.33 bits per heavy atom. The Hall–Kier alpha value is -1.41. The van der Waals surface area contributed by atoms with Crippen LogP contribution < -0.4 is 0 Å². The highest BCUT2D eigenvalue weighted by Crippen LogP contribution is 2.16. The summed E-state index contributed by atoms with van der Waals surface area (Å²) in [6.07, 6.45) is 0.848. The van der Waals surface area contributed by atoms with Gasteiger partial charge in [0.25, 0.3) is 0 Å². The molecule has 1 aliphatic rings. The number of hydrogen-bond acceptors (Lipinski definition) is 4. The molecule has 1 aliphatic heterocycles. The Labute approximate surface area is 127 Å². The molecule has 0 radical (unpaired) electrons. The van der Waals surface area contributed by atoms with Gasteiger partial charge in [-0.25, -0.2) is 0 Å². The molecule has 0 spiro atoms. The molecule has 21 heavy (non-hydrogen) atoms. The summed E-state index contributed by atoms with van der Waals surface area (Å²) < 4.78 is 0. The monoisotopic (exact) mass is 287 g/mol. The van der Waals surface area contributed by atoms with Gasteiger partial charge in [-0.3, -0.25) is 9.80 Å². The smallest absolute Gasteiger partial charge is 0.0991 e. The van der Waals surface area contributed by atoms with Gasteiger partial charge in [0.15, 0.2) is 0 Å². The van der Waals surface area contributed by atoms with Gasteiger partial charge in [-0.05, 0) is 31.0 Å². The van der Waals surface area contributed by atoms with Crippen molar-refractivity contribution in [2.24, 2.45) is 0 Å². The maximum atomic E-state index is 9.59. The van der Waals surface area contributed by atoms with Crippen LogP contribution in [0, 0.1) is 11.3 Å². The maximum absolute atomic E-state index is 9.59. The van der Waals surface area contributed by atoms with Crippen molar-refractivity contribution in [2.75, 3.05) is 26.2 Å². The van der Waals surface area contributed by atoms with E-state index in [0.29, 0.717) is 11.6 Å². The number of nitriles is 1. The molecule has 0 saturated carbocycles. The fraction of sp³-hybridized carbons (Fsp3) is 0.588. The summed E-state index contributed by atoms with van der Waals surface area (Å²) in [7, 11) is 0. The number of rotatable bonds is 5. The molecule has 0 unspecified atom stereocenters. The number of benzene rings is 1. The van der Waals surface area contributed by atoms with Crippen molar-refractivity contribution < 1.29 is 5.11 Å². The van der Waals surface area contributed by atoms with Crippen molar-refractivity contribution >= 4 is 0 Å². The van der Waals surface area contributed by atoms with E-state index in [4.69, 9.17) is 5.26 Å². The van der Waals surface area contributed by atoms with E-state index in [1.54, 1.807) is 0 Å². The first-order valence-electron chi connectivity index (χ1n) is 7.76. The largest absolute Gasteiger partial charge is 0.392 e. The summed E-state index contributed by atoms with van der Waals surface area (Å²) in [6.45, 7) is 8.86. The van der Waals surface area contributed by atoms with Crippen molar-refractivity contribution in [3.8, 4) is 6.07 Å². The number of hydrogen-bond donors (Lipinski definition) is 1. The molecule has 2 rings (SSSR count). The van der Waals surface area contributed by atoms with Crippen molar-refractivity contribution in [3.63, 3.8) is 0 Å². The molecule has 1 heterocycles. The highest BCUT2D eigenvalue weighted by Gasteiger charge is 2.26. The van der Waals surface area contributed by atoms with Crippen LogP contribution in [-0.2, 0) is 6.54 Å². The zero-order valence-corrected chi connectivity index (χ0v) is 13.0. The first-order valence-corrected chi connectivity index (χ1v) is 7.76. The van der Waals surface area contributed by atoms with Crippen molar-refractivity contribution in [1.29, 1.82) is 5.26 Å². The first-order chi connectivity index (χ1) is 10.1. The zero-order chi connectivity index (χ0) is 15.2. The van der Waals surface area contributed by atoms with Crippen LogP contribution in [-0.4, -0.2) is 53.2 Å². The lowest BCUT2D eigenvalue weighted by Crippen LogP contribution is -2.54. The van der Waals surface area contributed by atoms with Gasteiger partial charge >= 0.3 is 0 Å². The SMILES string of the molecule is CC[C@H]1CN(Cc2ccc(C#N)cc2)CCN1C[C@@H](C)O. The summed E-state index contributed by atoms with van der Waals surface area (Å²) in [4.78, 5) is 4.87. The van der Waals surface area contributed by atoms with Gasteiger partial charge < -0.3 is 5.11 Å². The van der Waals surface area contributed by atoms with E-state index in [1.807, 2.05) is 31.2 Å². The second kappa shape index (κ2) is 7.56. The molecule has 0 amide bonds. The minimum Gasteiger partial charge on any atom is -0.392 e. The second-order valence-electron chi connectivity index (χ2n) is 5.95. The van der Waals surface area contributed by atoms with Gasteiger partial charge in [0, 0.05) is 38.8 Å². The highest BCUT2D eigenvalue weighted by molar-refractivity contribution is 5.31. The normalized spacial score (nSPS) is 21.9. The Morgan fingerprint density at radius 2 is 2.05 bits per heavy atom. The van der Waals surface area contributed by atoms with Gasteiger partial charge in [-0.15, -0.1) is 0 Å². The molecular weight excluding hydrogens is 262 g/mol. The Morgan fingerprint density at radius 3 is 2.62 bits per heavy atom. The molecule has 1 aromatic rings. The van der Waals surface area contributed by atoms with Crippen LogP contribution in [0.15, 0.2) is 24.3 Å². The highest BCUT2D eigenvalue weighted by atomic mass is 16.3. The van der Waals surface area contributed by atoms with Crippen molar-refractivity contribution in [3.05, 3.63) is 35.4 Å². The van der Waals surface area contributed by atoms with E-state index in [1.165, 1.54) is 5.56 Å². The molecule has 114 valence electrons. The molecule has 4 heteroatoms.